The lowest BCUT2D eigenvalue weighted by molar-refractivity contribution is 0.373. The van der Waals surface area contributed by atoms with Crippen LogP contribution < -0.4 is 5.32 Å². The smallest absolute Gasteiger partial charge is 0.146 e. The van der Waals surface area contributed by atoms with Gasteiger partial charge in [-0.05, 0) is 25.7 Å². The van der Waals surface area contributed by atoms with Crippen LogP contribution >= 0.6 is 0 Å². The van der Waals surface area contributed by atoms with Gasteiger partial charge < -0.3 is 5.32 Å². The summed E-state index contributed by atoms with van der Waals surface area (Å²) in [6, 6.07) is 3.77. The van der Waals surface area contributed by atoms with Crippen LogP contribution in [0.15, 0.2) is 6.07 Å². The van der Waals surface area contributed by atoms with Crippen LogP contribution in [-0.4, -0.2) is 16.5 Å². The molecule has 90 valence electrons. The molecule has 0 bridgehead atoms. The second-order valence-electron chi connectivity index (χ2n) is 4.68. The SMILES string of the molecule is Cc1nc(C#N)cc(NCC2CCCCC2)n1. The van der Waals surface area contributed by atoms with Crippen molar-refractivity contribution in [3.63, 3.8) is 0 Å². The predicted molar refractivity (Wildman–Crippen MR) is 66.5 cm³/mol. The van der Waals surface area contributed by atoms with Gasteiger partial charge >= 0.3 is 0 Å². The fraction of sp³-hybridized carbons (Fsp3) is 0.615. The number of anilines is 1. The van der Waals surface area contributed by atoms with E-state index < -0.39 is 0 Å². The number of nitrogens with one attached hydrogen (secondary N) is 1. The molecule has 0 amide bonds. The Hall–Kier alpha value is -1.63. The van der Waals surface area contributed by atoms with Crippen LogP contribution in [0, 0.1) is 24.2 Å². The Morgan fingerprint density at radius 3 is 2.82 bits per heavy atom. The summed E-state index contributed by atoms with van der Waals surface area (Å²) in [5.41, 5.74) is 0.434. The van der Waals surface area contributed by atoms with E-state index in [9.17, 15) is 0 Å². The van der Waals surface area contributed by atoms with Crippen LogP contribution in [0.3, 0.4) is 0 Å². The average Bonchev–Trinajstić information content (AvgIpc) is 2.37. The largest absolute Gasteiger partial charge is 0.370 e. The minimum atomic E-state index is 0.434. The van der Waals surface area contributed by atoms with Crippen molar-refractivity contribution >= 4 is 5.82 Å². The molecule has 0 aromatic carbocycles. The molecule has 1 aromatic heterocycles. The highest BCUT2D eigenvalue weighted by molar-refractivity contribution is 5.39. The molecule has 1 N–H and O–H groups in total. The first-order valence-corrected chi connectivity index (χ1v) is 6.27. The van der Waals surface area contributed by atoms with Gasteiger partial charge in [0.2, 0.25) is 0 Å². The molecule has 4 nitrogen and oxygen atoms in total. The summed E-state index contributed by atoms with van der Waals surface area (Å²) in [4.78, 5) is 8.33. The number of hydrogen-bond acceptors (Lipinski definition) is 4. The van der Waals surface area contributed by atoms with Crippen molar-refractivity contribution in [2.24, 2.45) is 5.92 Å². The molecule has 4 heteroatoms. The average molecular weight is 230 g/mol. The maximum Gasteiger partial charge on any atom is 0.146 e. The number of rotatable bonds is 3. The van der Waals surface area contributed by atoms with E-state index in [1.165, 1.54) is 32.1 Å². The monoisotopic (exact) mass is 230 g/mol. The molecule has 1 aliphatic carbocycles. The lowest BCUT2D eigenvalue weighted by Crippen LogP contribution is -2.18. The minimum Gasteiger partial charge on any atom is -0.370 e. The van der Waals surface area contributed by atoms with Crippen molar-refractivity contribution in [1.82, 2.24) is 9.97 Å². The Labute approximate surface area is 102 Å². The number of aromatic nitrogens is 2. The lowest BCUT2D eigenvalue weighted by Gasteiger charge is -2.21. The molecule has 17 heavy (non-hydrogen) atoms. The van der Waals surface area contributed by atoms with E-state index in [-0.39, 0.29) is 0 Å². The van der Waals surface area contributed by atoms with Gasteiger partial charge in [-0.3, -0.25) is 0 Å². The molecule has 0 atom stereocenters. The van der Waals surface area contributed by atoms with Gasteiger partial charge in [-0.2, -0.15) is 5.26 Å². The van der Waals surface area contributed by atoms with Crippen molar-refractivity contribution < 1.29 is 0 Å². The Morgan fingerprint density at radius 1 is 1.35 bits per heavy atom. The van der Waals surface area contributed by atoms with E-state index in [0.717, 1.165) is 18.3 Å². The molecule has 0 spiro atoms. The van der Waals surface area contributed by atoms with Crippen LogP contribution in [0.5, 0.6) is 0 Å². The lowest BCUT2D eigenvalue weighted by atomic mass is 9.89. The van der Waals surface area contributed by atoms with Crippen molar-refractivity contribution in [2.45, 2.75) is 39.0 Å². The standard InChI is InChI=1S/C13H18N4/c1-10-16-12(8-14)7-13(17-10)15-9-11-5-3-2-4-6-11/h7,11H,2-6,9H2,1H3,(H,15,16,17). The number of aryl methyl sites for hydroxylation is 1. The van der Waals surface area contributed by atoms with Crippen molar-refractivity contribution in [1.29, 1.82) is 5.26 Å². The van der Waals surface area contributed by atoms with E-state index in [1.807, 2.05) is 6.92 Å². The van der Waals surface area contributed by atoms with Crippen LogP contribution in [0.1, 0.15) is 43.6 Å². The highest BCUT2D eigenvalue weighted by Crippen LogP contribution is 2.23. The van der Waals surface area contributed by atoms with Gasteiger partial charge in [-0.25, -0.2) is 9.97 Å². The van der Waals surface area contributed by atoms with Gasteiger partial charge in [0, 0.05) is 12.6 Å². The zero-order chi connectivity index (χ0) is 12.1. The zero-order valence-corrected chi connectivity index (χ0v) is 10.2. The molecule has 2 rings (SSSR count). The second kappa shape index (κ2) is 5.62. The molecule has 1 fully saturated rings. The van der Waals surface area contributed by atoms with Crippen LogP contribution in [0.25, 0.3) is 0 Å². The van der Waals surface area contributed by atoms with Crippen LogP contribution in [0.4, 0.5) is 5.82 Å². The second-order valence-corrected chi connectivity index (χ2v) is 4.68. The molecule has 0 aliphatic heterocycles. The molecule has 1 aromatic rings. The molecule has 1 saturated carbocycles. The van der Waals surface area contributed by atoms with Gasteiger partial charge in [-0.1, -0.05) is 19.3 Å². The highest BCUT2D eigenvalue weighted by atomic mass is 15.0. The number of nitriles is 1. The summed E-state index contributed by atoms with van der Waals surface area (Å²) in [5, 5.41) is 12.2. The molecule has 0 unspecified atom stereocenters. The predicted octanol–water partition coefficient (Wildman–Crippen LogP) is 2.65. The quantitative estimate of drug-likeness (QED) is 0.867. The maximum absolute atomic E-state index is 8.84. The summed E-state index contributed by atoms with van der Waals surface area (Å²) in [5.74, 6) is 2.18. The third-order valence-electron chi connectivity index (χ3n) is 3.25. The van der Waals surface area contributed by atoms with Gasteiger partial charge in [-0.15, -0.1) is 0 Å². The first-order valence-electron chi connectivity index (χ1n) is 6.27. The van der Waals surface area contributed by atoms with Crippen molar-refractivity contribution in [3.8, 4) is 6.07 Å². The first kappa shape index (κ1) is 11.8. The van der Waals surface area contributed by atoms with Gasteiger partial charge in [0.05, 0.1) is 0 Å². The molecule has 1 heterocycles. The zero-order valence-electron chi connectivity index (χ0n) is 10.2. The highest BCUT2D eigenvalue weighted by Gasteiger charge is 2.13. The molecule has 1 aliphatic rings. The Bertz CT molecular complexity index is 416. The van der Waals surface area contributed by atoms with Crippen LogP contribution in [0.2, 0.25) is 0 Å². The fourth-order valence-corrected chi connectivity index (χ4v) is 2.36. The third-order valence-corrected chi connectivity index (χ3v) is 3.25. The summed E-state index contributed by atoms with van der Waals surface area (Å²) < 4.78 is 0. The number of hydrogen-bond donors (Lipinski definition) is 1. The normalized spacial score (nSPS) is 16.5. The number of nitrogens with zero attached hydrogens (tertiary/aromatic N) is 3. The Kier molecular flexibility index (Phi) is 3.92. The molecule has 0 saturated heterocycles. The van der Waals surface area contributed by atoms with Crippen molar-refractivity contribution in [3.05, 3.63) is 17.6 Å². The van der Waals surface area contributed by atoms with Gasteiger partial charge in [0.25, 0.3) is 0 Å². The molecular weight excluding hydrogens is 212 g/mol. The van der Waals surface area contributed by atoms with E-state index in [1.54, 1.807) is 6.07 Å². The topological polar surface area (TPSA) is 61.6 Å². The summed E-state index contributed by atoms with van der Waals surface area (Å²) in [6.07, 6.45) is 6.68. The van der Waals surface area contributed by atoms with E-state index in [0.29, 0.717) is 11.5 Å². The summed E-state index contributed by atoms with van der Waals surface area (Å²) in [6.45, 7) is 2.77. The van der Waals surface area contributed by atoms with Gasteiger partial charge in [0.15, 0.2) is 0 Å². The maximum atomic E-state index is 8.84. The summed E-state index contributed by atoms with van der Waals surface area (Å²) >= 11 is 0. The minimum absolute atomic E-state index is 0.434. The Morgan fingerprint density at radius 2 is 2.12 bits per heavy atom. The van der Waals surface area contributed by atoms with E-state index >= 15 is 0 Å². The van der Waals surface area contributed by atoms with Gasteiger partial charge in [0.1, 0.15) is 23.4 Å². The molecule has 0 radical (unpaired) electrons. The third kappa shape index (κ3) is 3.42. The summed E-state index contributed by atoms with van der Waals surface area (Å²) in [7, 11) is 0. The van der Waals surface area contributed by atoms with E-state index in [2.05, 4.69) is 21.4 Å². The Balaban J connectivity index is 1.94. The van der Waals surface area contributed by atoms with E-state index in [4.69, 9.17) is 5.26 Å². The molecular formula is C13H18N4. The van der Waals surface area contributed by atoms with Crippen molar-refractivity contribution in [2.75, 3.05) is 11.9 Å². The van der Waals surface area contributed by atoms with Crippen LogP contribution in [-0.2, 0) is 0 Å². The fourth-order valence-electron chi connectivity index (χ4n) is 2.36. The first-order chi connectivity index (χ1) is 8.28.